The van der Waals surface area contributed by atoms with Gasteiger partial charge in [-0.3, -0.25) is 0 Å². The van der Waals surface area contributed by atoms with Crippen LogP contribution in [0.4, 0.5) is 0 Å². The summed E-state index contributed by atoms with van der Waals surface area (Å²) in [6, 6.07) is 0. The van der Waals surface area contributed by atoms with Gasteiger partial charge in [0.2, 0.25) is 0 Å². The number of ether oxygens (including phenoxy) is 1. The van der Waals surface area contributed by atoms with E-state index in [1.165, 1.54) is 6.26 Å². The van der Waals surface area contributed by atoms with E-state index in [2.05, 4.69) is 0 Å². The molecule has 0 aromatic rings. The minimum absolute atomic E-state index is 0. The molecular weight excluding hydrogens is 128 g/mol. The molecule has 1 rings (SSSR count). The van der Waals surface area contributed by atoms with Crippen molar-refractivity contribution in [2.75, 3.05) is 6.61 Å². The molecule has 0 bridgehead atoms. The van der Waals surface area contributed by atoms with Crippen molar-refractivity contribution in [2.24, 2.45) is 0 Å². The fourth-order valence-corrected chi connectivity index (χ4v) is 0.499. The number of rotatable bonds is 0. The van der Waals surface area contributed by atoms with Gasteiger partial charge in [0.15, 0.2) is 0 Å². The van der Waals surface area contributed by atoms with Gasteiger partial charge in [0.05, 0.1) is 19.0 Å². The van der Waals surface area contributed by atoms with Crippen molar-refractivity contribution in [1.82, 2.24) is 0 Å². The standard InChI is InChI=1S/C5H8O2.ClH/c6-5-1-3-7-4-2-5;/h1,3,5-6H,2,4H2;1H. The molecule has 0 saturated carbocycles. The van der Waals surface area contributed by atoms with E-state index in [9.17, 15) is 0 Å². The molecule has 1 aliphatic rings. The molecule has 0 fully saturated rings. The third kappa shape index (κ3) is 2.19. The predicted molar refractivity (Wildman–Crippen MR) is 33.0 cm³/mol. The van der Waals surface area contributed by atoms with Crippen LogP contribution >= 0.6 is 12.4 Å². The average Bonchev–Trinajstić information content (AvgIpc) is 1.69. The van der Waals surface area contributed by atoms with E-state index in [4.69, 9.17) is 9.84 Å². The number of aliphatic hydroxyl groups excluding tert-OH is 1. The summed E-state index contributed by atoms with van der Waals surface area (Å²) in [6.45, 7) is 0.650. The van der Waals surface area contributed by atoms with Crippen molar-refractivity contribution in [1.29, 1.82) is 0 Å². The molecule has 3 heteroatoms. The Morgan fingerprint density at radius 1 is 1.62 bits per heavy atom. The quantitative estimate of drug-likeness (QED) is 0.531. The Hall–Kier alpha value is -0.210. The van der Waals surface area contributed by atoms with Crippen LogP contribution in [-0.2, 0) is 4.74 Å². The highest BCUT2D eigenvalue weighted by Gasteiger charge is 2.01. The van der Waals surface area contributed by atoms with Crippen LogP contribution in [0.3, 0.4) is 0 Å². The molecule has 2 nitrogen and oxygen atoms in total. The molecule has 0 aromatic carbocycles. The minimum Gasteiger partial charge on any atom is -0.501 e. The van der Waals surface area contributed by atoms with Crippen LogP contribution in [0, 0.1) is 0 Å². The average molecular weight is 137 g/mol. The summed E-state index contributed by atoms with van der Waals surface area (Å²) >= 11 is 0. The van der Waals surface area contributed by atoms with Crippen LogP contribution in [0.5, 0.6) is 0 Å². The summed E-state index contributed by atoms with van der Waals surface area (Å²) < 4.78 is 4.80. The van der Waals surface area contributed by atoms with Gasteiger partial charge in [0, 0.05) is 6.42 Å². The Kier molecular flexibility index (Phi) is 3.65. The fourth-order valence-electron chi connectivity index (χ4n) is 0.499. The van der Waals surface area contributed by atoms with Crippen LogP contribution in [0.25, 0.3) is 0 Å². The molecule has 0 aromatic heterocycles. The lowest BCUT2D eigenvalue weighted by Crippen LogP contribution is -2.09. The number of hydrogen-bond donors (Lipinski definition) is 1. The summed E-state index contributed by atoms with van der Waals surface area (Å²) in [7, 11) is 0. The van der Waals surface area contributed by atoms with Gasteiger partial charge in [-0.25, -0.2) is 0 Å². The topological polar surface area (TPSA) is 29.5 Å². The summed E-state index contributed by atoms with van der Waals surface area (Å²) in [5.74, 6) is 0. The van der Waals surface area contributed by atoms with Gasteiger partial charge in [-0.1, -0.05) is 0 Å². The maximum absolute atomic E-state index is 8.74. The monoisotopic (exact) mass is 136 g/mol. The van der Waals surface area contributed by atoms with Crippen LogP contribution in [0.1, 0.15) is 6.42 Å². The molecule has 0 saturated heterocycles. The van der Waals surface area contributed by atoms with E-state index in [1.807, 2.05) is 0 Å². The van der Waals surface area contributed by atoms with E-state index >= 15 is 0 Å². The second kappa shape index (κ2) is 3.75. The van der Waals surface area contributed by atoms with Gasteiger partial charge in [-0.2, -0.15) is 0 Å². The molecule has 48 valence electrons. The van der Waals surface area contributed by atoms with Crippen molar-refractivity contribution >= 4 is 12.4 Å². The zero-order valence-electron chi connectivity index (χ0n) is 4.41. The first-order chi connectivity index (χ1) is 3.39. The molecular formula is C5H9ClO2. The Balaban J connectivity index is 0.000000490. The van der Waals surface area contributed by atoms with Crippen molar-refractivity contribution in [3.8, 4) is 0 Å². The van der Waals surface area contributed by atoms with E-state index in [0.717, 1.165) is 6.42 Å². The van der Waals surface area contributed by atoms with Gasteiger partial charge < -0.3 is 9.84 Å². The van der Waals surface area contributed by atoms with Crippen LogP contribution in [0.2, 0.25) is 0 Å². The second-order valence-electron chi connectivity index (χ2n) is 1.56. The van der Waals surface area contributed by atoms with Crippen LogP contribution in [0.15, 0.2) is 12.3 Å². The summed E-state index contributed by atoms with van der Waals surface area (Å²) in [4.78, 5) is 0. The van der Waals surface area contributed by atoms with E-state index in [1.54, 1.807) is 6.08 Å². The van der Waals surface area contributed by atoms with Gasteiger partial charge >= 0.3 is 0 Å². The highest BCUT2D eigenvalue weighted by Crippen LogP contribution is 2.00. The molecule has 0 spiro atoms. The van der Waals surface area contributed by atoms with E-state index in [-0.39, 0.29) is 18.5 Å². The molecule has 0 radical (unpaired) electrons. The van der Waals surface area contributed by atoms with Crippen molar-refractivity contribution in [2.45, 2.75) is 12.5 Å². The minimum atomic E-state index is -0.270. The zero-order chi connectivity index (χ0) is 5.11. The Bertz CT molecular complexity index is 82.5. The predicted octanol–water partition coefficient (Wildman–Crippen LogP) is 0.703. The maximum Gasteiger partial charge on any atom is 0.0901 e. The highest BCUT2D eigenvalue weighted by molar-refractivity contribution is 5.85. The largest absolute Gasteiger partial charge is 0.501 e. The Labute approximate surface area is 54.6 Å². The SMILES string of the molecule is Cl.OC1C=COCC1. The van der Waals surface area contributed by atoms with E-state index < -0.39 is 0 Å². The lowest BCUT2D eigenvalue weighted by atomic mass is 10.2. The summed E-state index contributed by atoms with van der Waals surface area (Å²) in [5.41, 5.74) is 0. The summed E-state index contributed by atoms with van der Waals surface area (Å²) in [6.07, 6.45) is 3.64. The molecule has 1 heterocycles. The maximum atomic E-state index is 8.74. The lowest BCUT2D eigenvalue weighted by Gasteiger charge is -2.09. The fraction of sp³-hybridized carbons (Fsp3) is 0.600. The van der Waals surface area contributed by atoms with Crippen LogP contribution in [-0.4, -0.2) is 17.8 Å². The third-order valence-electron chi connectivity index (χ3n) is 0.928. The number of halogens is 1. The molecule has 1 aliphatic heterocycles. The Morgan fingerprint density at radius 2 is 2.38 bits per heavy atom. The molecule has 1 atom stereocenters. The molecule has 0 amide bonds. The van der Waals surface area contributed by atoms with E-state index in [0.29, 0.717) is 6.61 Å². The highest BCUT2D eigenvalue weighted by atomic mass is 35.5. The van der Waals surface area contributed by atoms with Crippen molar-refractivity contribution in [3.63, 3.8) is 0 Å². The van der Waals surface area contributed by atoms with Gasteiger partial charge in [0.25, 0.3) is 0 Å². The van der Waals surface area contributed by atoms with Gasteiger partial charge in [0.1, 0.15) is 0 Å². The molecule has 1 unspecified atom stereocenters. The third-order valence-corrected chi connectivity index (χ3v) is 0.928. The number of hydrogen-bond acceptors (Lipinski definition) is 2. The smallest absolute Gasteiger partial charge is 0.0901 e. The summed E-state index contributed by atoms with van der Waals surface area (Å²) in [5, 5.41) is 8.74. The number of aliphatic hydroxyl groups is 1. The normalized spacial score (nSPS) is 25.9. The molecule has 0 aliphatic carbocycles. The first kappa shape index (κ1) is 7.79. The van der Waals surface area contributed by atoms with Crippen molar-refractivity contribution < 1.29 is 9.84 Å². The Morgan fingerprint density at radius 3 is 2.62 bits per heavy atom. The first-order valence-electron chi connectivity index (χ1n) is 2.36. The first-order valence-corrected chi connectivity index (χ1v) is 2.36. The van der Waals surface area contributed by atoms with Crippen molar-refractivity contribution in [3.05, 3.63) is 12.3 Å². The molecule has 8 heavy (non-hydrogen) atoms. The zero-order valence-corrected chi connectivity index (χ0v) is 5.23. The second-order valence-corrected chi connectivity index (χ2v) is 1.56. The van der Waals surface area contributed by atoms with Crippen LogP contribution < -0.4 is 0 Å². The lowest BCUT2D eigenvalue weighted by molar-refractivity contribution is 0.132. The van der Waals surface area contributed by atoms with Gasteiger partial charge in [-0.05, 0) is 6.08 Å². The van der Waals surface area contributed by atoms with Gasteiger partial charge in [-0.15, -0.1) is 12.4 Å². The molecule has 1 N–H and O–H groups in total.